The van der Waals surface area contributed by atoms with Crippen molar-refractivity contribution in [2.24, 2.45) is 5.41 Å². The fourth-order valence-electron chi connectivity index (χ4n) is 3.99. The lowest BCUT2D eigenvalue weighted by molar-refractivity contribution is -0.141. The van der Waals surface area contributed by atoms with Gasteiger partial charge < -0.3 is 15.0 Å². The van der Waals surface area contributed by atoms with E-state index >= 15 is 0 Å². The Hall–Kier alpha value is -2.21. The van der Waals surface area contributed by atoms with Crippen LogP contribution in [0.15, 0.2) is 36.3 Å². The maximum Gasteiger partial charge on any atom is 0.232 e. The van der Waals surface area contributed by atoms with Gasteiger partial charge in [0.15, 0.2) is 0 Å². The van der Waals surface area contributed by atoms with E-state index in [1.807, 2.05) is 12.1 Å². The van der Waals surface area contributed by atoms with Crippen LogP contribution in [0.3, 0.4) is 0 Å². The minimum atomic E-state index is -0.571. The molecule has 3 rings (SSSR count). The van der Waals surface area contributed by atoms with E-state index in [4.69, 9.17) is 4.74 Å². The summed E-state index contributed by atoms with van der Waals surface area (Å²) in [5, 5.41) is 3.11. The van der Waals surface area contributed by atoms with Crippen LogP contribution in [0.1, 0.15) is 37.7 Å². The van der Waals surface area contributed by atoms with Gasteiger partial charge in [0.2, 0.25) is 11.8 Å². The number of carbonyl (C=O) groups excluding carboxylic acids is 2. The van der Waals surface area contributed by atoms with Gasteiger partial charge in [-0.25, -0.2) is 0 Å². The van der Waals surface area contributed by atoms with Crippen molar-refractivity contribution in [3.05, 3.63) is 41.9 Å². The molecule has 1 aliphatic carbocycles. The van der Waals surface area contributed by atoms with Crippen molar-refractivity contribution in [1.82, 2.24) is 15.2 Å². The van der Waals surface area contributed by atoms with Crippen LogP contribution >= 0.6 is 0 Å². The molecular formula is C20H27N3O3. The second-order valence-corrected chi connectivity index (χ2v) is 6.96. The number of likely N-dealkylation sites (tertiary alicyclic amines) is 1. The zero-order valence-corrected chi connectivity index (χ0v) is 15.4. The number of methoxy groups -OCH3 is 1. The Morgan fingerprint density at radius 3 is 2.92 bits per heavy atom. The monoisotopic (exact) mass is 357 g/mol. The molecule has 140 valence electrons. The fourth-order valence-corrected chi connectivity index (χ4v) is 3.99. The Morgan fingerprint density at radius 2 is 2.15 bits per heavy atom. The van der Waals surface area contributed by atoms with E-state index in [-0.39, 0.29) is 11.8 Å². The fraction of sp³-hybridized carbons (Fsp3) is 0.550. The van der Waals surface area contributed by atoms with Crippen LogP contribution in [0.2, 0.25) is 0 Å². The zero-order chi connectivity index (χ0) is 18.4. The number of amides is 2. The van der Waals surface area contributed by atoms with Gasteiger partial charge in [0, 0.05) is 44.7 Å². The van der Waals surface area contributed by atoms with Crippen molar-refractivity contribution >= 4 is 11.8 Å². The molecule has 0 spiro atoms. The Balaban J connectivity index is 1.70. The highest BCUT2D eigenvalue weighted by Crippen LogP contribution is 2.46. The SMILES string of the molecule is COCCN1C(=O)CCC2(C(=O)NCCc3ccncc3)CCCC=C12. The van der Waals surface area contributed by atoms with Crippen LogP contribution in [0, 0.1) is 5.41 Å². The van der Waals surface area contributed by atoms with Gasteiger partial charge in [0.05, 0.1) is 12.0 Å². The average molecular weight is 357 g/mol. The molecule has 1 atom stereocenters. The van der Waals surface area contributed by atoms with Gasteiger partial charge in [-0.3, -0.25) is 14.6 Å². The molecule has 26 heavy (non-hydrogen) atoms. The summed E-state index contributed by atoms with van der Waals surface area (Å²) in [4.78, 5) is 31.3. The highest BCUT2D eigenvalue weighted by atomic mass is 16.5. The summed E-state index contributed by atoms with van der Waals surface area (Å²) in [6.45, 7) is 1.57. The summed E-state index contributed by atoms with van der Waals surface area (Å²) >= 11 is 0. The highest BCUT2D eigenvalue weighted by molar-refractivity contribution is 5.91. The Bertz CT molecular complexity index is 674. The molecular weight excluding hydrogens is 330 g/mol. The van der Waals surface area contributed by atoms with E-state index < -0.39 is 5.41 Å². The first-order valence-electron chi connectivity index (χ1n) is 9.34. The molecule has 2 heterocycles. The number of hydrogen-bond acceptors (Lipinski definition) is 4. The first kappa shape index (κ1) is 18.6. The molecule has 0 saturated carbocycles. The van der Waals surface area contributed by atoms with Crippen molar-refractivity contribution in [3.63, 3.8) is 0 Å². The smallest absolute Gasteiger partial charge is 0.232 e. The maximum atomic E-state index is 13.1. The highest BCUT2D eigenvalue weighted by Gasteiger charge is 2.49. The van der Waals surface area contributed by atoms with Crippen LogP contribution in [0.25, 0.3) is 0 Å². The average Bonchev–Trinajstić information content (AvgIpc) is 2.68. The Kier molecular flexibility index (Phi) is 6.04. The third-order valence-electron chi connectivity index (χ3n) is 5.40. The lowest BCUT2D eigenvalue weighted by atomic mass is 9.69. The normalized spacial score (nSPS) is 22.6. The van der Waals surface area contributed by atoms with Gasteiger partial charge in [-0.2, -0.15) is 0 Å². The number of nitrogens with one attached hydrogen (secondary N) is 1. The predicted molar refractivity (Wildman–Crippen MR) is 98.1 cm³/mol. The number of carbonyl (C=O) groups is 2. The van der Waals surface area contributed by atoms with E-state index in [1.165, 1.54) is 0 Å². The van der Waals surface area contributed by atoms with Crippen LogP contribution < -0.4 is 5.32 Å². The molecule has 0 radical (unpaired) electrons. The molecule has 1 saturated heterocycles. The van der Waals surface area contributed by atoms with E-state index in [9.17, 15) is 9.59 Å². The Morgan fingerprint density at radius 1 is 1.35 bits per heavy atom. The standard InChI is InChI=1S/C20H27N3O3/c1-26-15-14-23-17-4-2-3-9-20(17,10-5-18(23)24)19(25)22-13-8-16-6-11-21-12-7-16/h4,6-7,11-12H,2-3,5,8-10,13-15H2,1H3,(H,22,25). The second-order valence-electron chi connectivity index (χ2n) is 6.96. The summed E-state index contributed by atoms with van der Waals surface area (Å²) in [6, 6.07) is 3.92. The molecule has 2 amide bonds. The zero-order valence-electron chi connectivity index (χ0n) is 15.4. The second kappa shape index (κ2) is 8.45. The van der Waals surface area contributed by atoms with Gasteiger partial charge in [-0.05, 0) is 49.8 Å². The molecule has 1 aromatic rings. The molecule has 0 aromatic carbocycles. The maximum absolute atomic E-state index is 13.1. The van der Waals surface area contributed by atoms with Crippen molar-refractivity contribution in [2.45, 2.75) is 38.5 Å². The van der Waals surface area contributed by atoms with E-state index in [0.29, 0.717) is 32.5 Å². The molecule has 6 nitrogen and oxygen atoms in total. The molecule has 1 aromatic heterocycles. The van der Waals surface area contributed by atoms with Crippen molar-refractivity contribution in [1.29, 1.82) is 0 Å². The number of ether oxygens (including phenoxy) is 1. The molecule has 0 bridgehead atoms. The topological polar surface area (TPSA) is 71.5 Å². The molecule has 6 heteroatoms. The summed E-state index contributed by atoms with van der Waals surface area (Å²) < 4.78 is 5.15. The lowest BCUT2D eigenvalue weighted by Crippen LogP contribution is -2.53. The van der Waals surface area contributed by atoms with Crippen molar-refractivity contribution in [3.8, 4) is 0 Å². The first-order chi connectivity index (χ1) is 12.7. The Labute approximate surface area is 154 Å². The largest absolute Gasteiger partial charge is 0.383 e. The number of allylic oxidation sites excluding steroid dienone is 1. The van der Waals surface area contributed by atoms with Crippen LogP contribution in [0.4, 0.5) is 0 Å². The van der Waals surface area contributed by atoms with Gasteiger partial charge in [-0.15, -0.1) is 0 Å². The number of piperidine rings is 1. The molecule has 2 aliphatic rings. The lowest BCUT2D eigenvalue weighted by Gasteiger charge is -2.46. The predicted octanol–water partition coefficient (Wildman–Crippen LogP) is 2.06. The third kappa shape index (κ3) is 3.80. The summed E-state index contributed by atoms with van der Waals surface area (Å²) in [6.07, 6.45) is 10.1. The van der Waals surface area contributed by atoms with Crippen LogP contribution in [-0.4, -0.2) is 48.5 Å². The van der Waals surface area contributed by atoms with Crippen molar-refractivity contribution < 1.29 is 14.3 Å². The number of pyridine rings is 1. The number of fused-ring (bicyclic) bond motifs is 1. The van der Waals surface area contributed by atoms with E-state index in [0.717, 1.165) is 36.9 Å². The van der Waals surface area contributed by atoms with E-state index in [2.05, 4.69) is 16.4 Å². The quantitative estimate of drug-likeness (QED) is 0.811. The number of nitrogens with zero attached hydrogens (tertiary/aromatic N) is 2. The van der Waals surface area contributed by atoms with E-state index in [1.54, 1.807) is 24.4 Å². The summed E-state index contributed by atoms with van der Waals surface area (Å²) in [7, 11) is 1.63. The summed E-state index contributed by atoms with van der Waals surface area (Å²) in [5.41, 5.74) is 1.47. The minimum absolute atomic E-state index is 0.0485. The number of hydrogen-bond donors (Lipinski definition) is 1. The van der Waals surface area contributed by atoms with Gasteiger partial charge >= 0.3 is 0 Å². The van der Waals surface area contributed by atoms with Crippen LogP contribution in [0.5, 0.6) is 0 Å². The van der Waals surface area contributed by atoms with Gasteiger partial charge in [-0.1, -0.05) is 6.08 Å². The molecule has 1 N–H and O–H groups in total. The first-order valence-corrected chi connectivity index (χ1v) is 9.34. The van der Waals surface area contributed by atoms with Gasteiger partial charge in [0.1, 0.15) is 0 Å². The number of rotatable bonds is 7. The number of aromatic nitrogens is 1. The molecule has 1 unspecified atom stereocenters. The van der Waals surface area contributed by atoms with Crippen molar-refractivity contribution in [2.75, 3.05) is 26.8 Å². The van der Waals surface area contributed by atoms with Gasteiger partial charge in [0.25, 0.3) is 0 Å². The minimum Gasteiger partial charge on any atom is -0.383 e. The molecule has 1 fully saturated rings. The summed E-state index contributed by atoms with van der Waals surface area (Å²) in [5.74, 6) is 0.142. The molecule has 1 aliphatic heterocycles. The third-order valence-corrected chi connectivity index (χ3v) is 5.40. The van der Waals surface area contributed by atoms with Crippen LogP contribution in [-0.2, 0) is 20.7 Å².